The van der Waals surface area contributed by atoms with Gasteiger partial charge in [-0.3, -0.25) is 5.21 Å². The van der Waals surface area contributed by atoms with Crippen molar-refractivity contribution in [3.63, 3.8) is 0 Å². The van der Waals surface area contributed by atoms with E-state index in [1.165, 1.54) is 0 Å². The topological polar surface area (TPSA) is 52.6 Å². The largest absolute Gasteiger partial charge is 0.345 e. The Hall–Kier alpha value is -1.20. The number of urea groups is 1. The maximum absolute atomic E-state index is 11.3. The normalized spacial score (nSPS) is 9.80. The van der Waals surface area contributed by atoms with Gasteiger partial charge in [-0.25, -0.2) is 4.79 Å². The van der Waals surface area contributed by atoms with Crippen LogP contribution in [0.2, 0.25) is 0 Å². The van der Waals surface area contributed by atoms with Crippen molar-refractivity contribution < 1.29 is 10.0 Å². The van der Waals surface area contributed by atoms with Crippen molar-refractivity contribution >= 4 is 23.5 Å². The van der Waals surface area contributed by atoms with Crippen LogP contribution in [0.4, 0.5) is 10.5 Å². The molecule has 0 spiro atoms. The van der Waals surface area contributed by atoms with E-state index in [2.05, 4.69) is 5.32 Å². The molecule has 15 heavy (non-hydrogen) atoms. The molecule has 1 aromatic carbocycles. The number of carbonyl (C=O) groups is 1. The van der Waals surface area contributed by atoms with E-state index in [1.807, 2.05) is 12.3 Å². The van der Waals surface area contributed by atoms with Gasteiger partial charge in [0.05, 0.1) is 5.69 Å². The average Bonchev–Trinajstić information content (AvgIpc) is 2.28. The van der Waals surface area contributed by atoms with E-state index in [0.717, 1.165) is 4.90 Å². The lowest BCUT2D eigenvalue weighted by Gasteiger charge is -2.15. The van der Waals surface area contributed by atoms with Crippen LogP contribution in [0.1, 0.15) is 6.92 Å². The molecule has 0 radical (unpaired) electrons. The van der Waals surface area contributed by atoms with Crippen molar-refractivity contribution in [2.45, 2.75) is 11.8 Å². The second-order valence-corrected chi connectivity index (χ2v) is 3.73. The predicted molar refractivity (Wildman–Crippen MR) is 61.6 cm³/mol. The summed E-state index contributed by atoms with van der Waals surface area (Å²) in [5, 5.41) is 12.7. The maximum Gasteiger partial charge on any atom is 0.345 e. The van der Waals surface area contributed by atoms with Gasteiger partial charge >= 0.3 is 6.03 Å². The standard InChI is InChI=1S/C10H14N2O2S/c1-3-11-10(13)12(14)8-5-4-6-9(7-8)15-2/h4-7,14H,3H2,1-2H3,(H,11,13). The monoisotopic (exact) mass is 226 g/mol. The number of nitrogens with one attached hydrogen (secondary N) is 1. The number of carbonyl (C=O) groups excluding carboxylic acids is 1. The molecule has 5 heteroatoms. The third-order valence-electron chi connectivity index (χ3n) is 1.82. The molecule has 1 aromatic rings. The molecular weight excluding hydrogens is 212 g/mol. The Morgan fingerprint density at radius 2 is 2.33 bits per heavy atom. The molecule has 0 aromatic heterocycles. The van der Waals surface area contributed by atoms with E-state index >= 15 is 0 Å². The van der Waals surface area contributed by atoms with Gasteiger partial charge in [0, 0.05) is 11.4 Å². The van der Waals surface area contributed by atoms with Gasteiger partial charge in [-0.15, -0.1) is 11.8 Å². The first kappa shape index (κ1) is 11.9. The minimum Gasteiger partial charge on any atom is -0.336 e. The van der Waals surface area contributed by atoms with E-state index < -0.39 is 6.03 Å². The van der Waals surface area contributed by atoms with E-state index in [1.54, 1.807) is 36.9 Å². The number of rotatable bonds is 3. The Morgan fingerprint density at radius 3 is 2.93 bits per heavy atom. The van der Waals surface area contributed by atoms with Gasteiger partial charge in [-0.2, -0.15) is 5.06 Å². The van der Waals surface area contributed by atoms with Crippen LogP contribution >= 0.6 is 11.8 Å². The Bertz CT molecular complexity index is 344. The molecule has 0 atom stereocenters. The molecule has 0 saturated heterocycles. The van der Waals surface area contributed by atoms with Gasteiger partial charge in [0.2, 0.25) is 0 Å². The molecule has 82 valence electrons. The number of hydrogen-bond donors (Lipinski definition) is 2. The number of nitrogens with zero attached hydrogens (tertiary/aromatic N) is 1. The van der Waals surface area contributed by atoms with Crippen molar-refractivity contribution in [2.75, 3.05) is 17.9 Å². The molecule has 0 aliphatic rings. The Kier molecular flexibility index (Phi) is 4.45. The zero-order valence-electron chi connectivity index (χ0n) is 8.73. The van der Waals surface area contributed by atoms with E-state index in [4.69, 9.17) is 0 Å². The number of hydrogen-bond acceptors (Lipinski definition) is 3. The minimum absolute atomic E-state index is 0.466. The number of anilines is 1. The molecule has 2 N–H and O–H groups in total. The zero-order chi connectivity index (χ0) is 11.3. The van der Waals surface area contributed by atoms with Gasteiger partial charge in [-0.05, 0) is 31.4 Å². The molecule has 0 saturated carbocycles. The first-order valence-corrected chi connectivity index (χ1v) is 5.82. The SMILES string of the molecule is CCNC(=O)N(O)c1cccc(SC)c1. The second-order valence-electron chi connectivity index (χ2n) is 2.85. The molecular formula is C10H14N2O2S. The van der Waals surface area contributed by atoms with Crippen LogP contribution in [-0.4, -0.2) is 24.0 Å². The highest BCUT2D eigenvalue weighted by molar-refractivity contribution is 7.98. The van der Waals surface area contributed by atoms with Crippen LogP contribution in [0.3, 0.4) is 0 Å². The van der Waals surface area contributed by atoms with Gasteiger partial charge < -0.3 is 5.32 Å². The number of thioether (sulfide) groups is 1. The maximum atomic E-state index is 11.3. The Balaban J connectivity index is 2.81. The predicted octanol–water partition coefficient (Wildman–Crippen LogP) is 2.33. The van der Waals surface area contributed by atoms with E-state index in [-0.39, 0.29) is 0 Å². The summed E-state index contributed by atoms with van der Waals surface area (Å²) in [4.78, 5) is 12.3. The fraction of sp³-hybridized carbons (Fsp3) is 0.300. The van der Waals surface area contributed by atoms with E-state index in [0.29, 0.717) is 17.3 Å². The fourth-order valence-electron chi connectivity index (χ4n) is 1.09. The van der Waals surface area contributed by atoms with Crippen LogP contribution in [0.25, 0.3) is 0 Å². The molecule has 0 bridgehead atoms. The van der Waals surface area contributed by atoms with Crippen LogP contribution in [-0.2, 0) is 0 Å². The lowest BCUT2D eigenvalue weighted by atomic mass is 10.3. The fourth-order valence-corrected chi connectivity index (χ4v) is 1.54. The first-order chi connectivity index (χ1) is 7.19. The first-order valence-electron chi connectivity index (χ1n) is 4.60. The van der Waals surface area contributed by atoms with E-state index in [9.17, 15) is 10.0 Å². The number of hydroxylamine groups is 1. The van der Waals surface area contributed by atoms with Gasteiger partial charge in [0.15, 0.2) is 0 Å². The quantitative estimate of drug-likeness (QED) is 0.472. The molecule has 0 heterocycles. The summed E-state index contributed by atoms with van der Waals surface area (Å²) in [6.45, 7) is 2.28. The average molecular weight is 226 g/mol. The number of amides is 2. The van der Waals surface area contributed by atoms with Crippen molar-refractivity contribution in [3.05, 3.63) is 24.3 Å². The summed E-state index contributed by atoms with van der Waals surface area (Å²) in [7, 11) is 0. The summed E-state index contributed by atoms with van der Waals surface area (Å²) >= 11 is 1.56. The molecule has 0 unspecified atom stereocenters. The second kappa shape index (κ2) is 5.63. The molecule has 2 amide bonds. The molecule has 0 fully saturated rings. The minimum atomic E-state index is -0.518. The summed E-state index contributed by atoms with van der Waals surface area (Å²) in [5.74, 6) is 0. The Morgan fingerprint density at radius 1 is 1.60 bits per heavy atom. The molecule has 0 aliphatic carbocycles. The summed E-state index contributed by atoms with van der Waals surface area (Å²) in [6, 6.07) is 6.62. The number of benzene rings is 1. The van der Waals surface area contributed by atoms with Crippen LogP contribution < -0.4 is 10.4 Å². The molecule has 4 nitrogen and oxygen atoms in total. The van der Waals surface area contributed by atoms with Crippen molar-refractivity contribution in [2.24, 2.45) is 0 Å². The highest BCUT2D eigenvalue weighted by Gasteiger charge is 2.11. The molecule has 1 rings (SSSR count). The third-order valence-corrected chi connectivity index (χ3v) is 2.54. The van der Waals surface area contributed by atoms with Gasteiger partial charge in [-0.1, -0.05) is 6.07 Å². The zero-order valence-corrected chi connectivity index (χ0v) is 9.54. The van der Waals surface area contributed by atoms with Crippen LogP contribution in [0.5, 0.6) is 0 Å². The summed E-state index contributed by atoms with van der Waals surface area (Å²) in [5.41, 5.74) is 0.466. The highest BCUT2D eigenvalue weighted by Crippen LogP contribution is 2.21. The smallest absolute Gasteiger partial charge is 0.336 e. The highest BCUT2D eigenvalue weighted by atomic mass is 32.2. The van der Waals surface area contributed by atoms with Crippen LogP contribution in [0, 0.1) is 0 Å². The van der Waals surface area contributed by atoms with Crippen molar-refractivity contribution in [1.29, 1.82) is 0 Å². The van der Waals surface area contributed by atoms with Crippen molar-refractivity contribution in [1.82, 2.24) is 5.32 Å². The van der Waals surface area contributed by atoms with Gasteiger partial charge in [0.1, 0.15) is 0 Å². The summed E-state index contributed by atoms with van der Waals surface area (Å²) < 4.78 is 0. The molecule has 0 aliphatic heterocycles. The Labute approximate surface area is 93.2 Å². The lowest BCUT2D eigenvalue weighted by Crippen LogP contribution is -2.37. The lowest BCUT2D eigenvalue weighted by molar-refractivity contribution is 0.205. The summed E-state index contributed by atoms with van der Waals surface area (Å²) in [6.07, 6.45) is 1.94. The third kappa shape index (κ3) is 3.14. The van der Waals surface area contributed by atoms with Crippen LogP contribution in [0.15, 0.2) is 29.2 Å². The van der Waals surface area contributed by atoms with Crippen molar-refractivity contribution in [3.8, 4) is 0 Å². The van der Waals surface area contributed by atoms with Gasteiger partial charge in [0.25, 0.3) is 0 Å².